The van der Waals surface area contributed by atoms with Crippen LogP contribution >= 0.6 is 0 Å². The van der Waals surface area contributed by atoms with Crippen molar-refractivity contribution in [2.75, 3.05) is 6.61 Å². The first-order valence-corrected chi connectivity index (χ1v) is 2.42. The molecule has 0 aliphatic rings. The lowest BCUT2D eigenvalue weighted by atomic mass is 10.3. The van der Waals surface area contributed by atoms with Gasteiger partial charge in [0.25, 0.3) is 0 Å². The topological polar surface area (TPSA) is 20.2 Å². The molecular weight excluding hydrogens is 100 g/mol. The highest BCUT2D eigenvalue weighted by Crippen LogP contribution is 1.79. The summed E-state index contributed by atoms with van der Waals surface area (Å²) in [6.45, 7) is -0.0649. The lowest BCUT2D eigenvalue weighted by molar-refractivity contribution is 0.350. The van der Waals surface area contributed by atoms with Crippen LogP contribution in [0.15, 0.2) is 0 Å². The molecule has 0 saturated carbocycles. The zero-order valence-corrected chi connectivity index (χ0v) is 4.65. The van der Waals surface area contributed by atoms with Gasteiger partial charge in [0.2, 0.25) is 0 Å². The van der Waals surface area contributed by atoms with Crippen LogP contribution in [-0.4, -0.2) is 11.7 Å². The minimum Gasteiger partial charge on any atom is -0.384 e. The van der Waals surface area contributed by atoms with Crippen molar-refractivity contribution in [1.82, 2.24) is 0 Å². The van der Waals surface area contributed by atoms with Gasteiger partial charge in [-0.05, 0) is 0 Å². The average molecular weight is 108 g/mol. The molecule has 0 atom stereocenters. The predicted molar refractivity (Wildman–Crippen MR) is 32.9 cm³/mol. The van der Waals surface area contributed by atoms with E-state index in [1.54, 1.807) is 0 Å². The molecule has 0 fully saturated rings. The van der Waals surface area contributed by atoms with E-state index in [4.69, 9.17) is 11.5 Å². The molecule has 0 radical (unpaired) electrons. The van der Waals surface area contributed by atoms with Crippen LogP contribution in [0.2, 0.25) is 0 Å². The lowest BCUT2D eigenvalue weighted by Gasteiger charge is -1.74. The van der Waals surface area contributed by atoms with E-state index in [1.807, 2.05) is 0 Å². The van der Waals surface area contributed by atoms with E-state index in [0.717, 1.165) is 0 Å². The van der Waals surface area contributed by atoms with Gasteiger partial charge in [-0.1, -0.05) is 11.8 Å². The summed E-state index contributed by atoms with van der Waals surface area (Å²) < 4.78 is 0. The van der Waals surface area contributed by atoms with Gasteiger partial charge in [-0.2, -0.15) is 0 Å². The third-order valence-corrected chi connectivity index (χ3v) is 0.598. The molecule has 0 amide bonds. The first kappa shape index (κ1) is 7.08. The third-order valence-electron chi connectivity index (χ3n) is 0.598. The fraction of sp³-hybridized carbons (Fsp3) is 0.429. The number of aliphatic hydroxyl groups is 1. The van der Waals surface area contributed by atoms with Crippen LogP contribution in [0.3, 0.4) is 0 Å². The summed E-state index contributed by atoms with van der Waals surface area (Å²) in [5.41, 5.74) is 0. The predicted octanol–water partition coefficient (Wildman–Crippen LogP) is 0.395. The zero-order valence-electron chi connectivity index (χ0n) is 4.65. The minimum absolute atomic E-state index is 0.0649. The lowest BCUT2D eigenvalue weighted by Crippen LogP contribution is -1.71. The van der Waals surface area contributed by atoms with Gasteiger partial charge in [0.15, 0.2) is 0 Å². The number of rotatable bonds is 1. The van der Waals surface area contributed by atoms with Crippen molar-refractivity contribution >= 4 is 0 Å². The molecule has 1 heteroatoms. The van der Waals surface area contributed by atoms with E-state index in [2.05, 4.69) is 17.8 Å². The molecule has 42 valence electrons. The largest absolute Gasteiger partial charge is 0.384 e. The van der Waals surface area contributed by atoms with Crippen LogP contribution in [0.1, 0.15) is 12.8 Å². The molecule has 0 rings (SSSR count). The van der Waals surface area contributed by atoms with Gasteiger partial charge >= 0.3 is 0 Å². The first-order valence-electron chi connectivity index (χ1n) is 2.42. The van der Waals surface area contributed by atoms with E-state index >= 15 is 0 Å². The van der Waals surface area contributed by atoms with E-state index in [-0.39, 0.29) is 6.61 Å². The Bertz CT molecular complexity index is 131. The first-order chi connectivity index (χ1) is 3.91. The van der Waals surface area contributed by atoms with Crippen LogP contribution in [0, 0.1) is 24.2 Å². The van der Waals surface area contributed by atoms with E-state index in [9.17, 15) is 0 Å². The van der Waals surface area contributed by atoms with Gasteiger partial charge in [-0.3, -0.25) is 0 Å². The molecule has 8 heavy (non-hydrogen) atoms. The van der Waals surface area contributed by atoms with Gasteiger partial charge in [0, 0.05) is 12.8 Å². The molecule has 1 N–H and O–H groups in total. The SMILES string of the molecule is C#CCCC#CCO. The van der Waals surface area contributed by atoms with Crippen molar-refractivity contribution in [3.05, 3.63) is 0 Å². The second-order valence-corrected chi connectivity index (χ2v) is 1.22. The molecule has 0 bridgehead atoms. The van der Waals surface area contributed by atoms with Gasteiger partial charge in [-0.15, -0.1) is 12.3 Å². The molecule has 0 unspecified atom stereocenters. The van der Waals surface area contributed by atoms with E-state index in [0.29, 0.717) is 12.8 Å². The average Bonchev–Trinajstić information content (AvgIpc) is 1.81. The molecule has 0 aromatic heterocycles. The van der Waals surface area contributed by atoms with Gasteiger partial charge in [0.1, 0.15) is 6.61 Å². The smallest absolute Gasteiger partial charge is 0.104 e. The Hall–Kier alpha value is -0.920. The highest BCUT2D eigenvalue weighted by atomic mass is 16.2. The molecule has 0 aliphatic heterocycles. The Labute approximate surface area is 49.7 Å². The number of aliphatic hydroxyl groups excluding tert-OH is 1. The van der Waals surface area contributed by atoms with Crippen molar-refractivity contribution in [2.24, 2.45) is 0 Å². The van der Waals surface area contributed by atoms with Crippen LogP contribution in [0.5, 0.6) is 0 Å². The number of terminal acetylenes is 1. The van der Waals surface area contributed by atoms with Crippen LogP contribution in [0.4, 0.5) is 0 Å². The normalized spacial score (nSPS) is 6.50. The van der Waals surface area contributed by atoms with Crippen LogP contribution in [-0.2, 0) is 0 Å². The highest BCUT2D eigenvalue weighted by molar-refractivity contribution is 5.01. The van der Waals surface area contributed by atoms with Crippen molar-refractivity contribution in [1.29, 1.82) is 0 Å². The quantitative estimate of drug-likeness (QED) is 0.380. The molecule has 0 aromatic carbocycles. The maximum absolute atomic E-state index is 8.14. The summed E-state index contributed by atoms with van der Waals surface area (Å²) in [5, 5.41) is 8.14. The number of hydrogen-bond acceptors (Lipinski definition) is 1. The zero-order chi connectivity index (χ0) is 6.24. The summed E-state index contributed by atoms with van der Waals surface area (Å²) in [5.74, 6) is 7.63. The maximum Gasteiger partial charge on any atom is 0.104 e. The van der Waals surface area contributed by atoms with Crippen LogP contribution < -0.4 is 0 Å². The van der Waals surface area contributed by atoms with Crippen molar-refractivity contribution in [3.63, 3.8) is 0 Å². The third kappa shape index (κ3) is 5.08. The van der Waals surface area contributed by atoms with Crippen molar-refractivity contribution < 1.29 is 5.11 Å². The molecule has 1 nitrogen and oxygen atoms in total. The second-order valence-electron chi connectivity index (χ2n) is 1.22. The van der Waals surface area contributed by atoms with Crippen molar-refractivity contribution in [3.8, 4) is 24.2 Å². The molecule has 0 spiro atoms. The van der Waals surface area contributed by atoms with Gasteiger partial charge in [-0.25, -0.2) is 0 Å². The molecular formula is C7H8O. The molecule has 0 aromatic rings. The fourth-order valence-corrected chi connectivity index (χ4v) is 0.279. The summed E-state index contributed by atoms with van der Waals surface area (Å²) in [7, 11) is 0. The Kier molecular flexibility index (Phi) is 5.38. The Balaban J connectivity index is 3.06. The Morgan fingerprint density at radius 2 is 2.00 bits per heavy atom. The highest BCUT2D eigenvalue weighted by Gasteiger charge is 1.69. The van der Waals surface area contributed by atoms with Gasteiger partial charge < -0.3 is 5.11 Å². The van der Waals surface area contributed by atoms with Gasteiger partial charge in [0.05, 0.1) is 0 Å². The monoisotopic (exact) mass is 108 g/mol. The van der Waals surface area contributed by atoms with Crippen molar-refractivity contribution in [2.45, 2.75) is 12.8 Å². The minimum atomic E-state index is -0.0649. The maximum atomic E-state index is 8.14. The van der Waals surface area contributed by atoms with E-state index in [1.165, 1.54) is 0 Å². The molecule has 0 aliphatic carbocycles. The Morgan fingerprint density at radius 3 is 2.50 bits per heavy atom. The standard InChI is InChI=1S/C7H8O/c1-2-3-4-5-6-7-8/h1,8H,3-4,7H2. The van der Waals surface area contributed by atoms with E-state index < -0.39 is 0 Å². The Morgan fingerprint density at radius 1 is 1.25 bits per heavy atom. The molecule has 0 saturated heterocycles. The number of unbranched alkanes of at least 4 members (excludes halogenated alkanes) is 1. The summed E-state index contributed by atoms with van der Waals surface area (Å²) in [6.07, 6.45) is 6.30. The number of hydrogen-bond donors (Lipinski definition) is 1. The summed E-state index contributed by atoms with van der Waals surface area (Å²) in [4.78, 5) is 0. The summed E-state index contributed by atoms with van der Waals surface area (Å²) in [6, 6.07) is 0. The molecule has 0 heterocycles. The summed E-state index contributed by atoms with van der Waals surface area (Å²) >= 11 is 0. The van der Waals surface area contributed by atoms with Crippen LogP contribution in [0.25, 0.3) is 0 Å². The fourth-order valence-electron chi connectivity index (χ4n) is 0.279. The second kappa shape index (κ2) is 6.08.